The van der Waals surface area contributed by atoms with Gasteiger partial charge < -0.3 is 9.47 Å². The van der Waals surface area contributed by atoms with Crippen molar-refractivity contribution < 1.29 is 19.1 Å². The Morgan fingerprint density at radius 1 is 1.18 bits per heavy atom. The smallest absolute Gasteiger partial charge is 0.309 e. The first kappa shape index (κ1) is 13.7. The minimum absolute atomic E-state index is 0.0359. The Morgan fingerprint density at radius 2 is 1.94 bits per heavy atom. The lowest BCUT2D eigenvalue weighted by molar-refractivity contribution is -0.152. The van der Waals surface area contributed by atoms with E-state index in [9.17, 15) is 9.59 Å². The largest absolute Gasteiger partial charge is 0.466 e. The van der Waals surface area contributed by atoms with Crippen LogP contribution in [0.15, 0.2) is 12.7 Å². The van der Waals surface area contributed by atoms with E-state index >= 15 is 0 Å². The Hall–Kier alpha value is -1.32. The predicted molar refractivity (Wildman–Crippen MR) is 63.3 cm³/mol. The molecule has 1 atom stereocenters. The second-order valence-electron chi connectivity index (χ2n) is 4.21. The number of cyclic esters (lactones) is 2. The maximum absolute atomic E-state index is 10.9. The molecule has 96 valence electrons. The van der Waals surface area contributed by atoms with Gasteiger partial charge in [-0.2, -0.15) is 0 Å². The van der Waals surface area contributed by atoms with Crippen molar-refractivity contribution in [3.63, 3.8) is 0 Å². The summed E-state index contributed by atoms with van der Waals surface area (Å²) in [4.78, 5) is 21.2. The zero-order valence-corrected chi connectivity index (χ0v) is 10.2. The molecule has 2 fully saturated rings. The molecule has 4 nitrogen and oxygen atoms in total. The summed E-state index contributed by atoms with van der Waals surface area (Å²) in [5.74, 6) is 0.00338. The lowest BCUT2D eigenvalue weighted by Gasteiger charge is -2.18. The molecule has 0 aromatic carbocycles. The van der Waals surface area contributed by atoms with Gasteiger partial charge in [0.2, 0.25) is 0 Å². The van der Waals surface area contributed by atoms with Crippen LogP contribution >= 0.6 is 0 Å². The number of carbonyl (C=O) groups is 2. The van der Waals surface area contributed by atoms with Gasteiger partial charge in [0.25, 0.3) is 0 Å². The van der Waals surface area contributed by atoms with Crippen LogP contribution in [-0.4, -0.2) is 25.2 Å². The van der Waals surface area contributed by atoms with Gasteiger partial charge in [0, 0.05) is 6.42 Å². The van der Waals surface area contributed by atoms with E-state index in [4.69, 9.17) is 4.74 Å². The summed E-state index contributed by atoms with van der Waals surface area (Å²) < 4.78 is 9.50. The third-order valence-corrected chi connectivity index (χ3v) is 2.76. The highest BCUT2D eigenvalue weighted by Crippen LogP contribution is 2.18. The second kappa shape index (κ2) is 7.87. The van der Waals surface area contributed by atoms with Crippen molar-refractivity contribution in [3.8, 4) is 0 Å². The molecule has 0 aromatic heterocycles. The maximum Gasteiger partial charge on any atom is 0.309 e. The third-order valence-electron chi connectivity index (χ3n) is 2.76. The first-order valence-electron chi connectivity index (χ1n) is 6.17. The highest BCUT2D eigenvalue weighted by atomic mass is 16.5. The Labute approximate surface area is 102 Å². The van der Waals surface area contributed by atoms with Crippen LogP contribution in [0.1, 0.15) is 38.5 Å². The molecule has 2 rings (SSSR count). The molecule has 2 aliphatic rings. The molecule has 0 N–H and O–H groups in total. The number of rotatable bonds is 2. The molecular formula is C13H20O4. The first-order valence-corrected chi connectivity index (χ1v) is 6.17. The Balaban J connectivity index is 0.000000181. The van der Waals surface area contributed by atoms with Crippen LogP contribution in [0.3, 0.4) is 0 Å². The topological polar surface area (TPSA) is 52.6 Å². The number of esters is 2. The highest BCUT2D eigenvalue weighted by molar-refractivity contribution is 5.73. The molecule has 0 aromatic rings. The molecular weight excluding hydrogens is 220 g/mol. The van der Waals surface area contributed by atoms with Gasteiger partial charge in [0.05, 0.1) is 19.1 Å². The van der Waals surface area contributed by atoms with E-state index in [2.05, 4.69) is 11.3 Å². The SMILES string of the molecule is C=CCC1CCCOC1=O.O=C1CCCCO1. The minimum atomic E-state index is -0.0499. The van der Waals surface area contributed by atoms with Crippen LogP contribution in [0, 0.1) is 5.92 Å². The van der Waals surface area contributed by atoms with E-state index in [1.165, 1.54) is 0 Å². The van der Waals surface area contributed by atoms with Gasteiger partial charge in [-0.3, -0.25) is 9.59 Å². The van der Waals surface area contributed by atoms with E-state index < -0.39 is 0 Å². The molecule has 1 unspecified atom stereocenters. The third kappa shape index (κ3) is 5.52. The molecule has 0 saturated carbocycles. The molecule has 0 spiro atoms. The summed E-state index contributed by atoms with van der Waals surface area (Å²) in [5.41, 5.74) is 0. The molecule has 0 aliphatic carbocycles. The van der Waals surface area contributed by atoms with Gasteiger partial charge in [-0.15, -0.1) is 6.58 Å². The summed E-state index contributed by atoms with van der Waals surface area (Å²) in [5, 5.41) is 0. The van der Waals surface area contributed by atoms with Crippen molar-refractivity contribution in [1.29, 1.82) is 0 Å². The standard InChI is InChI=1S/C8H12O2.C5H8O2/c1-2-4-7-5-3-6-10-8(7)9;6-5-3-1-2-4-7-5/h2,7H,1,3-6H2;1-4H2. The number of ether oxygens (including phenoxy) is 2. The number of carbonyl (C=O) groups excluding carboxylic acids is 2. The van der Waals surface area contributed by atoms with Gasteiger partial charge >= 0.3 is 11.9 Å². The molecule has 2 saturated heterocycles. The van der Waals surface area contributed by atoms with Crippen LogP contribution in [0.25, 0.3) is 0 Å². The van der Waals surface area contributed by atoms with Gasteiger partial charge in [-0.05, 0) is 32.1 Å². The maximum atomic E-state index is 10.9. The van der Waals surface area contributed by atoms with Crippen molar-refractivity contribution in [2.75, 3.05) is 13.2 Å². The van der Waals surface area contributed by atoms with Crippen LogP contribution in [0.4, 0.5) is 0 Å². The fraction of sp³-hybridized carbons (Fsp3) is 0.692. The average molecular weight is 240 g/mol. The molecule has 2 aliphatic heterocycles. The highest BCUT2D eigenvalue weighted by Gasteiger charge is 2.21. The quantitative estimate of drug-likeness (QED) is 0.548. The lowest BCUT2D eigenvalue weighted by Crippen LogP contribution is -2.23. The van der Waals surface area contributed by atoms with Crippen molar-refractivity contribution in [2.24, 2.45) is 5.92 Å². The first-order chi connectivity index (χ1) is 8.24. The summed E-state index contributed by atoms with van der Waals surface area (Å²) in [6.45, 7) is 4.82. The molecule has 2 heterocycles. The molecule has 4 heteroatoms. The molecule has 0 bridgehead atoms. The van der Waals surface area contributed by atoms with E-state index in [1.807, 2.05) is 0 Å². The van der Waals surface area contributed by atoms with Gasteiger partial charge in [0.15, 0.2) is 0 Å². The van der Waals surface area contributed by atoms with Crippen LogP contribution in [0.2, 0.25) is 0 Å². The van der Waals surface area contributed by atoms with E-state index in [0.717, 1.165) is 32.1 Å². The Kier molecular flexibility index (Phi) is 6.37. The molecule has 0 amide bonds. The normalized spacial score (nSPS) is 23.9. The van der Waals surface area contributed by atoms with Crippen molar-refractivity contribution in [3.05, 3.63) is 12.7 Å². The van der Waals surface area contributed by atoms with E-state index in [1.54, 1.807) is 6.08 Å². The van der Waals surface area contributed by atoms with Crippen molar-refractivity contribution >= 4 is 11.9 Å². The Bertz CT molecular complexity index is 265. The van der Waals surface area contributed by atoms with Gasteiger partial charge in [0.1, 0.15) is 0 Å². The van der Waals surface area contributed by atoms with Crippen LogP contribution in [-0.2, 0) is 19.1 Å². The van der Waals surface area contributed by atoms with E-state index in [-0.39, 0.29) is 17.9 Å². The minimum Gasteiger partial charge on any atom is -0.466 e. The van der Waals surface area contributed by atoms with Crippen molar-refractivity contribution in [2.45, 2.75) is 38.5 Å². The summed E-state index contributed by atoms with van der Waals surface area (Å²) in [6, 6.07) is 0. The summed E-state index contributed by atoms with van der Waals surface area (Å²) >= 11 is 0. The van der Waals surface area contributed by atoms with Crippen LogP contribution < -0.4 is 0 Å². The zero-order chi connectivity index (χ0) is 12.5. The monoisotopic (exact) mass is 240 g/mol. The summed E-state index contributed by atoms with van der Waals surface area (Å²) in [6.07, 6.45) is 7.19. The fourth-order valence-corrected chi connectivity index (χ4v) is 1.78. The van der Waals surface area contributed by atoms with Crippen LogP contribution in [0.5, 0.6) is 0 Å². The summed E-state index contributed by atoms with van der Waals surface area (Å²) in [7, 11) is 0. The number of allylic oxidation sites excluding steroid dienone is 1. The average Bonchev–Trinajstić information content (AvgIpc) is 2.34. The predicted octanol–water partition coefficient (Wildman–Crippen LogP) is 2.23. The van der Waals surface area contributed by atoms with Gasteiger partial charge in [-0.1, -0.05) is 6.08 Å². The fourth-order valence-electron chi connectivity index (χ4n) is 1.78. The van der Waals surface area contributed by atoms with E-state index in [0.29, 0.717) is 19.6 Å². The number of hydrogen-bond donors (Lipinski definition) is 0. The molecule has 17 heavy (non-hydrogen) atoms. The zero-order valence-electron chi connectivity index (χ0n) is 10.2. The lowest BCUT2D eigenvalue weighted by atomic mass is 9.98. The Morgan fingerprint density at radius 3 is 2.41 bits per heavy atom. The molecule has 0 radical (unpaired) electrons. The van der Waals surface area contributed by atoms with Crippen molar-refractivity contribution in [1.82, 2.24) is 0 Å². The second-order valence-corrected chi connectivity index (χ2v) is 4.21. The number of hydrogen-bond acceptors (Lipinski definition) is 4. The van der Waals surface area contributed by atoms with Gasteiger partial charge in [-0.25, -0.2) is 0 Å².